The van der Waals surface area contributed by atoms with Crippen LogP contribution in [0.15, 0.2) is 0 Å². The molecule has 0 N–H and O–H groups in total. The molecule has 0 aromatic rings. The molecule has 0 radical (unpaired) electrons. The Hall–Kier alpha value is 1.40. The van der Waals surface area contributed by atoms with E-state index in [1.807, 2.05) is 10.8 Å². The minimum Gasteiger partial charge on any atom is -0.150 e. The Bertz CT molecular complexity index is 61.3. The second kappa shape index (κ2) is 2.33. The van der Waals surface area contributed by atoms with Gasteiger partial charge in [0.05, 0.1) is 0 Å². The van der Waals surface area contributed by atoms with Gasteiger partial charge in [0.25, 0.3) is 0 Å². The molecule has 0 bridgehead atoms. The smallest absolute Gasteiger partial charge is 0.112 e. The first-order chi connectivity index (χ1) is 3.21. The fourth-order valence-electron chi connectivity index (χ4n) is 0.352. The molecular formula is C3H6S4. The highest BCUT2D eigenvalue weighted by atomic mass is 33.1. The van der Waals surface area contributed by atoms with Crippen molar-refractivity contribution >= 4 is 46.8 Å². The minimum absolute atomic E-state index is 0.0370. The van der Waals surface area contributed by atoms with E-state index in [1.165, 1.54) is 5.75 Å². The number of hydrogen-bond donors (Lipinski definition) is 2. The molecule has 0 saturated carbocycles. The Labute approximate surface area is 62.4 Å². The van der Waals surface area contributed by atoms with Crippen LogP contribution < -0.4 is 0 Å². The zero-order chi connectivity index (χ0) is 5.33. The van der Waals surface area contributed by atoms with Crippen molar-refractivity contribution in [1.82, 2.24) is 0 Å². The first-order valence-corrected chi connectivity index (χ1v) is 5.17. The SMILES string of the molecule is SC1(S)CCSS1. The van der Waals surface area contributed by atoms with Crippen LogP contribution in [-0.2, 0) is 0 Å². The third kappa shape index (κ3) is 2.00. The van der Waals surface area contributed by atoms with Gasteiger partial charge in [-0.1, -0.05) is 21.6 Å². The van der Waals surface area contributed by atoms with Gasteiger partial charge in [-0.15, -0.1) is 0 Å². The summed E-state index contributed by atoms with van der Waals surface area (Å²) >= 11 is 8.51. The molecule has 0 aromatic heterocycles. The van der Waals surface area contributed by atoms with Gasteiger partial charge in [-0.3, -0.25) is 0 Å². The minimum atomic E-state index is -0.0370. The highest BCUT2D eigenvalue weighted by Crippen LogP contribution is 2.51. The van der Waals surface area contributed by atoms with E-state index >= 15 is 0 Å². The average Bonchev–Trinajstić information content (AvgIpc) is 1.84. The third-order valence-corrected chi connectivity index (χ3v) is 5.11. The molecule has 0 amide bonds. The maximum Gasteiger partial charge on any atom is 0.112 e. The zero-order valence-electron chi connectivity index (χ0n) is 3.63. The predicted molar refractivity (Wildman–Crippen MR) is 45.4 cm³/mol. The van der Waals surface area contributed by atoms with E-state index < -0.39 is 0 Å². The molecule has 0 spiro atoms. The van der Waals surface area contributed by atoms with E-state index in [9.17, 15) is 0 Å². The molecule has 0 aliphatic carbocycles. The van der Waals surface area contributed by atoms with Gasteiger partial charge in [-0.2, -0.15) is 25.3 Å². The molecule has 1 heterocycles. The van der Waals surface area contributed by atoms with E-state index in [4.69, 9.17) is 0 Å². The lowest BCUT2D eigenvalue weighted by atomic mass is 10.6. The molecule has 0 unspecified atom stereocenters. The molecule has 1 fully saturated rings. The summed E-state index contributed by atoms with van der Waals surface area (Å²) in [7, 11) is 3.59. The molecule has 0 nitrogen and oxygen atoms in total. The molecule has 0 aromatic carbocycles. The fraction of sp³-hybridized carbons (Fsp3) is 1.00. The van der Waals surface area contributed by atoms with Crippen LogP contribution in [0.2, 0.25) is 0 Å². The predicted octanol–water partition coefficient (Wildman–Crippen LogP) is 2.28. The lowest BCUT2D eigenvalue weighted by molar-refractivity contribution is 1.06. The largest absolute Gasteiger partial charge is 0.150 e. The molecular weight excluding hydrogens is 164 g/mol. The fourth-order valence-corrected chi connectivity index (χ4v) is 4.12. The molecule has 0 atom stereocenters. The van der Waals surface area contributed by atoms with Gasteiger partial charge in [-0.05, 0) is 6.42 Å². The van der Waals surface area contributed by atoms with Crippen molar-refractivity contribution in [3.05, 3.63) is 0 Å². The van der Waals surface area contributed by atoms with Crippen LogP contribution >= 0.6 is 46.8 Å². The van der Waals surface area contributed by atoms with Crippen LogP contribution in [0.3, 0.4) is 0 Å². The highest BCUT2D eigenvalue weighted by molar-refractivity contribution is 8.80. The maximum atomic E-state index is 4.26. The maximum absolute atomic E-state index is 4.26. The van der Waals surface area contributed by atoms with E-state index in [0.717, 1.165) is 6.42 Å². The van der Waals surface area contributed by atoms with Crippen molar-refractivity contribution in [2.75, 3.05) is 5.75 Å². The normalized spacial score (nSPS) is 28.3. The van der Waals surface area contributed by atoms with E-state index in [0.29, 0.717) is 0 Å². The monoisotopic (exact) mass is 170 g/mol. The molecule has 1 aliphatic heterocycles. The molecule has 1 saturated heterocycles. The van der Waals surface area contributed by atoms with Crippen molar-refractivity contribution in [2.45, 2.75) is 9.83 Å². The Morgan fingerprint density at radius 2 is 2.14 bits per heavy atom. The van der Waals surface area contributed by atoms with Crippen molar-refractivity contribution < 1.29 is 0 Å². The molecule has 7 heavy (non-hydrogen) atoms. The van der Waals surface area contributed by atoms with Crippen LogP contribution in [0.25, 0.3) is 0 Å². The molecule has 1 aliphatic rings. The first-order valence-electron chi connectivity index (χ1n) is 1.96. The molecule has 42 valence electrons. The Morgan fingerprint density at radius 3 is 2.29 bits per heavy atom. The second-order valence-electron chi connectivity index (χ2n) is 1.40. The molecule has 4 heteroatoms. The summed E-state index contributed by atoms with van der Waals surface area (Å²) in [6.07, 6.45) is 1.11. The van der Waals surface area contributed by atoms with Gasteiger partial charge in [0.1, 0.15) is 3.41 Å². The van der Waals surface area contributed by atoms with Crippen molar-refractivity contribution in [3.63, 3.8) is 0 Å². The van der Waals surface area contributed by atoms with Crippen LogP contribution in [0.4, 0.5) is 0 Å². The molecule has 1 rings (SSSR count). The topological polar surface area (TPSA) is 0 Å². The number of thiol groups is 2. The zero-order valence-corrected chi connectivity index (χ0v) is 7.05. The summed E-state index contributed by atoms with van der Waals surface area (Å²) in [5.74, 6) is 1.19. The van der Waals surface area contributed by atoms with Crippen molar-refractivity contribution in [2.24, 2.45) is 0 Å². The Kier molecular flexibility index (Phi) is 2.17. The number of hydrogen-bond acceptors (Lipinski definition) is 4. The Balaban J connectivity index is 2.40. The lowest BCUT2D eigenvalue weighted by Crippen LogP contribution is -1.98. The summed E-state index contributed by atoms with van der Waals surface area (Å²) in [5.41, 5.74) is 0. The second-order valence-corrected chi connectivity index (χ2v) is 6.60. The van der Waals surface area contributed by atoms with E-state index in [-0.39, 0.29) is 3.41 Å². The summed E-state index contributed by atoms with van der Waals surface area (Å²) in [6.45, 7) is 0. The van der Waals surface area contributed by atoms with Crippen LogP contribution in [0.1, 0.15) is 6.42 Å². The van der Waals surface area contributed by atoms with Crippen molar-refractivity contribution in [3.8, 4) is 0 Å². The Morgan fingerprint density at radius 1 is 1.43 bits per heavy atom. The van der Waals surface area contributed by atoms with Crippen LogP contribution in [0, 0.1) is 0 Å². The van der Waals surface area contributed by atoms with Gasteiger partial charge in [0.15, 0.2) is 0 Å². The van der Waals surface area contributed by atoms with Gasteiger partial charge >= 0.3 is 0 Å². The van der Waals surface area contributed by atoms with Gasteiger partial charge < -0.3 is 0 Å². The van der Waals surface area contributed by atoms with Gasteiger partial charge in [0, 0.05) is 5.75 Å². The van der Waals surface area contributed by atoms with Gasteiger partial charge in [0.2, 0.25) is 0 Å². The first kappa shape index (κ1) is 6.52. The summed E-state index contributed by atoms with van der Waals surface area (Å²) in [5, 5.41) is 0. The highest BCUT2D eigenvalue weighted by Gasteiger charge is 2.26. The average molecular weight is 170 g/mol. The quantitative estimate of drug-likeness (QED) is 0.325. The summed E-state index contributed by atoms with van der Waals surface area (Å²) < 4.78 is -0.0370. The van der Waals surface area contributed by atoms with Gasteiger partial charge in [-0.25, -0.2) is 0 Å². The van der Waals surface area contributed by atoms with Crippen LogP contribution in [-0.4, -0.2) is 9.16 Å². The number of rotatable bonds is 0. The van der Waals surface area contributed by atoms with Crippen molar-refractivity contribution in [1.29, 1.82) is 0 Å². The summed E-state index contributed by atoms with van der Waals surface area (Å²) in [4.78, 5) is 0. The third-order valence-electron chi connectivity index (χ3n) is 0.703. The van der Waals surface area contributed by atoms with E-state index in [1.54, 1.807) is 10.8 Å². The standard InChI is InChI=1S/C3H6S4/c4-3(5)1-2-6-7-3/h4-5H,1-2H2. The summed E-state index contributed by atoms with van der Waals surface area (Å²) in [6, 6.07) is 0. The lowest BCUT2D eigenvalue weighted by Gasteiger charge is -2.08. The van der Waals surface area contributed by atoms with Crippen LogP contribution in [0.5, 0.6) is 0 Å². The van der Waals surface area contributed by atoms with E-state index in [2.05, 4.69) is 25.3 Å².